The Morgan fingerprint density at radius 2 is 2.29 bits per heavy atom. The Morgan fingerprint density at radius 1 is 1.38 bits per heavy atom. The number of amides is 1. The van der Waals surface area contributed by atoms with Crippen molar-refractivity contribution in [3.63, 3.8) is 0 Å². The summed E-state index contributed by atoms with van der Waals surface area (Å²) >= 11 is 0. The van der Waals surface area contributed by atoms with Gasteiger partial charge in [0.1, 0.15) is 5.82 Å². The second kappa shape index (κ2) is 4.68. The van der Waals surface area contributed by atoms with Crippen LogP contribution in [0.3, 0.4) is 0 Å². The van der Waals surface area contributed by atoms with Crippen molar-refractivity contribution in [1.82, 2.24) is 25.1 Å². The summed E-state index contributed by atoms with van der Waals surface area (Å²) in [4.78, 5) is 14.1. The lowest BCUT2D eigenvalue weighted by atomic mass is 9.91. The SMILES string of the molecule is CCc1nnc2ccc(N3CCC[C@H]4C(=O)NC[C@H]43)nn12. The molecular formula is C14H18N6O. The number of aromatic nitrogens is 4. The smallest absolute Gasteiger partial charge is 0.225 e. The summed E-state index contributed by atoms with van der Waals surface area (Å²) in [6.45, 7) is 3.70. The van der Waals surface area contributed by atoms with Crippen LogP contribution in [0.15, 0.2) is 12.1 Å². The molecule has 2 aromatic heterocycles. The molecule has 0 bridgehead atoms. The van der Waals surface area contributed by atoms with Gasteiger partial charge in [0.2, 0.25) is 5.91 Å². The molecule has 0 radical (unpaired) electrons. The van der Waals surface area contributed by atoms with Gasteiger partial charge >= 0.3 is 0 Å². The van der Waals surface area contributed by atoms with Crippen LogP contribution in [0.4, 0.5) is 5.82 Å². The maximum atomic E-state index is 11.9. The van der Waals surface area contributed by atoms with E-state index < -0.39 is 0 Å². The summed E-state index contributed by atoms with van der Waals surface area (Å²) < 4.78 is 1.81. The molecule has 1 N–H and O–H groups in total. The minimum absolute atomic E-state index is 0.0998. The lowest BCUT2D eigenvalue weighted by molar-refractivity contribution is -0.122. The molecule has 1 amide bonds. The van der Waals surface area contributed by atoms with E-state index in [4.69, 9.17) is 5.10 Å². The number of aryl methyl sites for hydroxylation is 1. The monoisotopic (exact) mass is 286 g/mol. The van der Waals surface area contributed by atoms with Crippen LogP contribution < -0.4 is 10.2 Å². The number of carbonyl (C=O) groups is 1. The lowest BCUT2D eigenvalue weighted by Gasteiger charge is -2.36. The minimum atomic E-state index is 0.0998. The Balaban J connectivity index is 1.73. The molecule has 4 rings (SSSR count). The average molecular weight is 286 g/mol. The summed E-state index contributed by atoms with van der Waals surface area (Å²) in [5, 5.41) is 15.9. The van der Waals surface area contributed by atoms with Crippen LogP contribution >= 0.6 is 0 Å². The van der Waals surface area contributed by atoms with Gasteiger partial charge in [0.15, 0.2) is 11.5 Å². The highest BCUT2D eigenvalue weighted by atomic mass is 16.2. The van der Waals surface area contributed by atoms with E-state index in [0.717, 1.165) is 43.1 Å². The third-order valence-electron chi connectivity index (χ3n) is 4.52. The topological polar surface area (TPSA) is 75.4 Å². The molecule has 21 heavy (non-hydrogen) atoms. The van der Waals surface area contributed by atoms with Gasteiger partial charge in [0.25, 0.3) is 0 Å². The molecule has 7 heteroatoms. The van der Waals surface area contributed by atoms with Crippen LogP contribution in [0.5, 0.6) is 0 Å². The summed E-state index contributed by atoms with van der Waals surface area (Å²) in [7, 11) is 0. The van der Waals surface area contributed by atoms with E-state index in [1.54, 1.807) is 0 Å². The van der Waals surface area contributed by atoms with E-state index in [0.29, 0.717) is 6.54 Å². The molecule has 0 saturated carbocycles. The van der Waals surface area contributed by atoms with Crippen molar-refractivity contribution in [3.05, 3.63) is 18.0 Å². The third-order valence-corrected chi connectivity index (χ3v) is 4.52. The molecular weight excluding hydrogens is 268 g/mol. The molecule has 2 aliphatic rings. The maximum Gasteiger partial charge on any atom is 0.225 e. The van der Waals surface area contributed by atoms with Crippen LogP contribution in [0, 0.1) is 5.92 Å². The van der Waals surface area contributed by atoms with Gasteiger partial charge in [-0.1, -0.05) is 6.92 Å². The summed E-state index contributed by atoms with van der Waals surface area (Å²) in [6, 6.07) is 4.15. The number of anilines is 1. The second-order valence-corrected chi connectivity index (χ2v) is 5.69. The number of piperidine rings is 1. The highest BCUT2D eigenvalue weighted by Gasteiger charge is 2.41. The largest absolute Gasteiger partial charge is 0.354 e. The van der Waals surface area contributed by atoms with Gasteiger partial charge in [0, 0.05) is 19.5 Å². The molecule has 2 aromatic rings. The van der Waals surface area contributed by atoms with Crippen molar-refractivity contribution in [2.45, 2.75) is 32.2 Å². The fourth-order valence-electron chi connectivity index (χ4n) is 3.43. The molecule has 2 saturated heterocycles. The van der Waals surface area contributed by atoms with E-state index in [-0.39, 0.29) is 17.9 Å². The van der Waals surface area contributed by atoms with Crippen molar-refractivity contribution < 1.29 is 4.79 Å². The van der Waals surface area contributed by atoms with Crippen molar-refractivity contribution in [1.29, 1.82) is 0 Å². The van der Waals surface area contributed by atoms with Crippen LogP contribution in [0.1, 0.15) is 25.6 Å². The zero-order chi connectivity index (χ0) is 14.4. The van der Waals surface area contributed by atoms with E-state index in [1.165, 1.54) is 0 Å². The number of hydrogen-bond donors (Lipinski definition) is 1. The molecule has 2 atom stereocenters. The number of nitrogens with zero attached hydrogens (tertiary/aromatic N) is 5. The van der Waals surface area contributed by atoms with Crippen LogP contribution in [-0.4, -0.2) is 44.8 Å². The molecule has 0 aromatic carbocycles. The van der Waals surface area contributed by atoms with Crippen molar-refractivity contribution >= 4 is 17.4 Å². The van der Waals surface area contributed by atoms with E-state index >= 15 is 0 Å². The predicted octanol–water partition coefficient (Wildman–Crippen LogP) is 0.401. The number of carbonyl (C=O) groups excluding carboxylic acids is 1. The Morgan fingerprint density at radius 3 is 3.14 bits per heavy atom. The van der Waals surface area contributed by atoms with E-state index in [2.05, 4.69) is 20.4 Å². The fraction of sp³-hybridized carbons (Fsp3) is 0.571. The van der Waals surface area contributed by atoms with Gasteiger partial charge in [0.05, 0.1) is 12.0 Å². The fourth-order valence-corrected chi connectivity index (χ4v) is 3.43. The zero-order valence-electron chi connectivity index (χ0n) is 12.0. The molecule has 0 spiro atoms. The molecule has 4 heterocycles. The Bertz CT molecular complexity index is 696. The van der Waals surface area contributed by atoms with Gasteiger partial charge in [-0.15, -0.1) is 15.3 Å². The average Bonchev–Trinajstić information content (AvgIpc) is 3.10. The normalized spacial score (nSPS) is 25.2. The summed E-state index contributed by atoms with van der Waals surface area (Å²) in [5.74, 6) is 2.05. The van der Waals surface area contributed by atoms with Gasteiger partial charge < -0.3 is 10.2 Å². The number of nitrogens with one attached hydrogen (secondary N) is 1. The van der Waals surface area contributed by atoms with Crippen molar-refractivity contribution in [3.8, 4) is 0 Å². The van der Waals surface area contributed by atoms with Gasteiger partial charge in [-0.25, -0.2) is 0 Å². The van der Waals surface area contributed by atoms with Gasteiger partial charge in [-0.05, 0) is 25.0 Å². The Labute approximate surface area is 122 Å². The third kappa shape index (κ3) is 1.87. The summed E-state index contributed by atoms with van der Waals surface area (Å²) in [6.07, 6.45) is 2.79. The molecule has 110 valence electrons. The Hall–Kier alpha value is -2.18. The number of rotatable bonds is 2. The first-order chi connectivity index (χ1) is 10.3. The quantitative estimate of drug-likeness (QED) is 0.865. The molecule has 2 fully saturated rings. The van der Waals surface area contributed by atoms with E-state index in [9.17, 15) is 4.79 Å². The highest BCUT2D eigenvalue weighted by molar-refractivity contribution is 5.83. The van der Waals surface area contributed by atoms with Gasteiger partial charge in [-0.3, -0.25) is 4.79 Å². The van der Waals surface area contributed by atoms with Crippen LogP contribution in [0.2, 0.25) is 0 Å². The number of fused-ring (bicyclic) bond motifs is 2. The van der Waals surface area contributed by atoms with Crippen LogP contribution in [-0.2, 0) is 11.2 Å². The standard InChI is InChI=1S/C14H18N6O/c1-2-11-16-17-12-5-6-13(18-20(11)12)19-7-3-4-9-10(19)8-15-14(9)21/h5-6,9-10H,2-4,7-8H2,1H3,(H,15,21)/t9-,10-/m1/s1. The predicted molar refractivity (Wildman–Crippen MR) is 77.0 cm³/mol. The van der Waals surface area contributed by atoms with Crippen LogP contribution in [0.25, 0.3) is 5.65 Å². The van der Waals surface area contributed by atoms with E-state index in [1.807, 2.05) is 23.6 Å². The lowest BCUT2D eigenvalue weighted by Crippen LogP contribution is -2.46. The maximum absolute atomic E-state index is 11.9. The minimum Gasteiger partial charge on any atom is -0.354 e. The zero-order valence-corrected chi connectivity index (χ0v) is 12.0. The molecule has 0 aliphatic carbocycles. The highest BCUT2D eigenvalue weighted by Crippen LogP contribution is 2.30. The van der Waals surface area contributed by atoms with Crippen molar-refractivity contribution in [2.24, 2.45) is 5.92 Å². The van der Waals surface area contributed by atoms with Gasteiger partial charge in [-0.2, -0.15) is 4.52 Å². The van der Waals surface area contributed by atoms with Crippen molar-refractivity contribution in [2.75, 3.05) is 18.0 Å². The molecule has 2 aliphatic heterocycles. The number of hydrogen-bond acceptors (Lipinski definition) is 5. The first-order valence-corrected chi connectivity index (χ1v) is 7.53. The second-order valence-electron chi connectivity index (χ2n) is 5.69. The first-order valence-electron chi connectivity index (χ1n) is 7.53. The summed E-state index contributed by atoms with van der Waals surface area (Å²) in [5.41, 5.74) is 0.768. The Kier molecular flexibility index (Phi) is 2.80. The molecule has 0 unspecified atom stereocenters. The first kappa shape index (κ1) is 12.6. The molecule has 7 nitrogen and oxygen atoms in total.